The quantitative estimate of drug-likeness (QED) is 0.402. The maximum atomic E-state index is 11.4. The van der Waals surface area contributed by atoms with Crippen LogP contribution in [0.5, 0.6) is 11.5 Å². The molecule has 0 spiro atoms. The molecule has 98 valence electrons. The fourth-order valence-electron chi connectivity index (χ4n) is 1.73. The van der Waals surface area contributed by atoms with E-state index in [1.807, 2.05) is 6.26 Å². The van der Waals surface area contributed by atoms with E-state index in [2.05, 4.69) is 6.58 Å². The van der Waals surface area contributed by atoms with Gasteiger partial charge in [0.2, 0.25) is 0 Å². The molecule has 0 aromatic heterocycles. The number of phenolic OH excluding ortho intramolecular Hbond substituents is 1. The lowest BCUT2D eigenvalue weighted by molar-refractivity contribution is -0.129. The Morgan fingerprint density at radius 1 is 1.42 bits per heavy atom. The van der Waals surface area contributed by atoms with E-state index >= 15 is 0 Å². The summed E-state index contributed by atoms with van der Waals surface area (Å²) >= 11 is 7.29. The van der Waals surface area contributed by atoms with Gasteiger partial charge in [-0.3, -0.25) is 0 Å². The average molecular weight is 295 g/mol. The standard InChI is InChI=1S/C14H11ClO3S/c1-3-13(17)18-14-9-5-4-8(15)6-10(9)11(16)7-12(14)19-2/h3-7,16H,1H2,2H3. The van der Waals surface area contributed by atoms with Gasteiger partial charge in [-0.1, -0.05) is 18.2 Å². The Bertz CT molecular complexity index is 667. The van der Waals surface area contributed by atoms with Crippen molar-refractivity contribution in [1.29, 1.82) is 0 Å². The molecule has 5 heteroatoms. The number of benzene rings is 2. The summed E-state index contributed by atoms with van der Waals surface area (Å²) in [5, 5.41) is 11.7. The third kappa shape index (κ3) is 2.69. The van der Waals surface area contributed by atoms with Crippen molar-refractivity contribution < 1.29 is 14.6 Å². The highest BCUT2D eigenvalue weighted by Crippen LogP contribution is 2.41. The molecule has 0 atom stereocenters. The number of aromatic hydroxyl groups is 1. The molecule has 2 aromatic rings. The van der Waals surface area contributed by atoms with Gasteiger partial charge in [0.05, 0.1) is 4.90 Å². The lowest BCUT2D eigenvalue weighted by Crippen LogP contribution is -2.04. The number of hydrogen-bond donors (Lipinski definition) is 1. The number of esters is 1. The van der Waals surface area contributed by atoms with Gasteiger partial charge in [-0.05, 0) is 30.5 Å². The highest BCUT2D eigenvalue weighted by atomic mass is 35.5. The highest BCUT2D eigenvalue weighted by molar-refractivity contribution is 7.98. The number of phenols is 1. The molecule has 1 N–H and O–H groups in total. The Balaban J connectivity index is 2.74. The van der Waals surface area contributed by atoms with Crippen LogP contribution >= 0.6 is 23.4 Å². The van der Waals surface area contributed by atoms with Gasteiger partial charge in [0.15, 0.2) is 5.75 Å². The van der Waals surface area contributed by atoms with Crippen LogP contribution in [0, 0.1) is 0 Å². The minimum atomic E-state index is -0.544. The molecule has 0 aliphatic heterocycles. The van der Waals surface area contributed by atoms with Crippen LogP contribution in [0.4, 0.5) is 0 Å². The fourth-order valence-corrected chi connectivity index (χ4v) is 2.46. The van der Waals surface area contributed by atoms with Gasteiger partial charge >= 0.3 is 5.97 Å². The normalized spacial score (nSPS) is 10.4. The van der Waals surface area contributed by atoms with E-state index in [0.29, 0.717) is 26.4 Å². The number of ether oxygens (including phenoxy) is 1. The minimum absolute atomic E-state index is 0.0975. The first kappa shape index (κ1) is 13.8. The van der Waals surface area contributed by atoms with Crippen molar-refractivity contribution in [1.82, 2.24) is 0 Å². The molecule has 0 heterocycles. The van der Waals surface area contributed by atoms with Gasteiger partial charge in [0.25, 0.3) is 0 Å². The largest absolute Gasteiger partial charge is 0.507 e. The molecule has 0 aliphatic carbocycles. The van der Waals surface area contributed by atoms with Crippen molar-refractivity contribution in [2.45, 2.75) is 4.90 Å². The molecule has 2 rings (SSSR count). The van der Waals surface area contributed by atoms with E-state index in [4.69, 9.17) is 16.3 Å². The number of carbonyl (C=O) groups is 1. The predicted octanol–water partition coefficient (Wildman–Crippen LogP) is 4.01. The van der Waals surface area contributed by atoms with Gasteiger partial charge in [-0.2, -0.15) is 0 Å². The van der Waals surface area contributed by atoms with Crippen LogP contribution < -0.4 is 4.74 Å². The van der Waals surface area contributed by atoms with Gasteiger partial charge in [0.1, 0.15) is 5.75 Å². The molecule has 3 nitrogen and oxygen atoms in total. The van der Waals surface area contributed by atoms with Gasteiger partial charge in [-0.25, -0.2) is 4.79 Å². The Kier molecular flexibility index (Phi) is 4.02. The van der Waals surface area contributed by atoms with E-state index < -0.39 is 5.97 Å². The second-order valence-corrected chi connectivity index (χ2v) is 5.03. The van der Waals surface area contributed by atoms with Crippen LogP contribution in [0.25, 0.3) is 10.8 Å². The topological polar surface area (TPSA) is 46.5 Å². The maximum Gasteiger partial charge on any atom is 0.335 e. The van der Waals surface area contributed by atoms with Crippen molar-refractivity contribution in [3.63, 3.8) is 0 Å². The molecule has 19 heavy (non-hydrogen) atoms. The summed E-state index contributed by atoms with van der Waals surface area (Å²) in [6.07, 6.45) is 2.93. The Labute approximate surface area is 119 Å². The summed E-state index contributed by atoms with van der Waals surface area (Å²) in [4.78, 5) is 12.1. The lowest BCUT2D eigenvalue weighted by Gasteiger charge is -2.12. The minimum Gasteiger partial charge on any atom is -0.507 e. The lowest BCUT2D eigenvalue weighted by atomic mass is 10.1. The highest BCUT2D eigenvalue weighted by Gasteiger charge is 2.15. The molecule has 0 fully saturated rings. The molecule has 0 aliphatic rings. The summed E-state index contributed by atoms with van der Waals surface area (Å²) in [6, 6.07) is 6.57. The van der Waals surface area contributed by atoms with Crippen molar-refractivity contribution in [3.05, 3.63) is 41.9 Å². The van der Waals surface area contributed by atoms with E-state index in [1.165, 1.54) is 11.8 Å². The summed E-state index contributed by atoms with van der Waals surface area (Å²) < 4.78 is 5.26. The number of carbonyl (C=O) groups excluding carboxylic acids is 1. The van der Waals surface area contributed by atoms with Crippen molar-refractivity contribution in [2.24, 2.45) is 0 Å². The summed E-state index contributed by atoms with van der Waals surface area (Å²) in [7, 11) is 0. The van der Waals surface area contributed by atoms with Crippen LogP contribution in [0.2, 0.25) is 5.02 Å². The molecule has 0 bridgehead atoms. The van der Waals surface area contributed by atoms with Gasteiger partial charge < -0.3 is 9.84 Å². The van der Waals surface area contributed by atoms with Crippen molar-refractivity contribution in [3.8, 4) is 11.5 Å². The third-order valence-corrected chi connectivity index (χ3v) is 3.56. The monoisotopic (exact) mass is 294 g/mol. The summed E-state index contributed by atoms with van der Waals surface area (Å²) in [5.74, 6) is -0.0423. The van der Waals surface area contributed by atoms with E-state index in [-0.39, 0.29) is 5.75 Å². The summed E-state index contributed by atoms with van der Waals surface area (Å²) in [6.45, 7) is 3.37. The molecule has 0 amide bonds. The van der Waals surface area contributed by atoms with Crippen LogP contribution in [0.1, 0.15) is 0 Å². The molecule has 0 saturated heterocycles. The molecular weight excluding hydrogens is 284 g/mol. The van der Waals surface area contributed by atoms with Crippen LogP contribution in [-0.2, 0) is 4.79 Å². The first-order valence-corrected chi connectivity index (χ1v) is 7.00. The van der Waals surface area contributed by atoms with Crippen molar-refractivity contribution in [2.75, 3.05) is 6.26 Å². The van der Waals surface area contributed by atoms with E-state index in [9.17, 15) is 9.90 Å². The average Bonchev–Trinajstić information content (AvgIpc) is 2.41. The Hall–Kier alpha value is -1.65. The van der Waals surface area contributed by atoms with Crippen LogP contribution in [-0.4, -0.2) is 17.3 Å². The molecular formula is C14H11ClO3S. The van der Waals surface area contributed by atoms with Gasteiger partial charge in [0, 0.05) is 21.9 Å². The zero-order valence-corrected chi connectivity index (χ0v) is 11.7. The second kappa shape index (κ2) is 5.55. The van der Waals surface area contributed by atoms with E-state index in [1.54, 1.807) is 24.3 Å². The first-order valence-electron chi connectivity index (χ1n) is 5.40. The third-order valence-electron chi connectivity index (χ3n) is 2.58. The fraction of sp³-hybridized carbons (Fsp3) is 0.0714. The Morgan fingerprint density at radius 3 is 2.79 bits per heavy atom. The van der Waals surface area contributed by atoms with Crippen LogP contribution in [0.3, 0.4) is 0 Å². The maximum absolute atomic E-state index is 11.4. The number of thioether (sulfide) groups is 1. The second-order valence-electron chi connectivity index (χ2n) is 3.74. The van der Waals surface area contributed by atoms with Crippen molar-refractivity contribution >= 4 is 40.1 Å². The number of halogens is 1. The smallest absolute Gasteiger partial charge is 0.335 e. The molecule has 2 aromatic carbocycles. The van der Waals surface area contributed by atoms with Crippen LogP contribution in [0.15, 0.2) is 41.8 Å². The SMILES string of the molecule is C=CC(=O)Oc1c(SC)cc(O)c2cc(Cl)ccc12. The zero-order chi connectivity index (χ0) is 14.0. The summed E-state index contributed by atoms with van der Waals surface area (Å²) in [5.41, 5.74) is 0. The van der Waals surface area contributed by atoms with E-state index in [0.717, 1.165) is 6.08 Å². The number of rotatable bonds is 3. The first-order chi connectivity index (χ1) is 9.06. The van der Waals surface area contributed by atoms with Gasteiger partial charge in [-0.15, -0.1) is 11.8 Å². The number of fused-ring (bicyclic) bond motifs is 1. The molecule has 0 radical (unpaired) electrons. The number of hydrogen-bond acceptors (Lipinski definition) is 4. The zero-order valence-electron chi connectivity index (χ0n) is 10.1. The predicted molar refractivity (Wildman–Crippen MR) is 78.2 cm³/mol. The Morgan fingerprint density at radius 2 is 2.16 bits per heavy atom. The molecule has 0 unspecified atom stereocenters. The molecule has 0 saturated carbocycles.